The van der Waals surface area contributed by atoms with Crippen LogP contribution in [0.3, 0.4) is 0 Å². The zero-order valence-corrected chi connectivity index (χ0v) is 16.5. The lowest BCUT2D eigenvalue weighted by molar-refractivity contribution is 0.102. The molecule has 0 radical (unpaired) electrons. The van der Waals surface area contributed by atoms with Gasteiger partial charge < -0.3 is 9.47 Å². The number of amides is 1. The van der Waals surface area contributed by atoms with Crippen molar-refractivity contribution in [2.24, 2.45) is 0 Å². The molecule has 0 saturated carbocycles. The van der Waals surface area contributed by atoms with Gasteiger partial charge in [-0.05, 0) is 30.3 Å². The van der Waals surface area contributed by atoms with Gasteiger partial charge in [-0.2, -0.15) is 0 Å². The van der Waals surface area contributed by atoms with Crippen LogP contribution in [0.5, 0.6) is 11.5 Å². The van der Waals surface area contributed by atoms with Gasteiger partial charge in [-0.1, -0.05) is 19.1 Å². The molecule has 4 rings (SSSR count). The largest absolute Gasteiger partial charge is 0.454 e. The third-order valence-electron chi connectivity index (χ3n) is 4.24. The molecule has 1 N–H and O–H groups in total. The van der Waals surface area contributed by atoms with E-state index in [9.17, 15) is 13.2 Å². The van der Waals surface area contributed by atoms with Gasteiger partial charge in [0.25, 0.3) is 5.91 Å². The van der Waals surface area contributed by atoms with Gasteiger partial charge >= 0.3 is 0 Å². The highest BCUT2D eigenvalue weighted by atomic mass is 32.2. The van der Waals surface area contributed by atoms with Crippen LogP contribution in [0.15, 0.2) is 52.7 Å². The van der Waals surface area contributed by atoms with Crippen LogP contribution in [0.2, 0.25) is 0 Å². The quantitative estimate of drug-likeness (QED) is 0.683. The summed E-state index contributed by atoms with van der Waals surface area (Å²) in [5.74, 6) is 0.734. The van der Waals surface area contributed by atoms with E-state index in [1.807, 2.05) is 17.5 Å². The van der Waals surface area contributed by atoms with Gasteiger partial charge in [-0.15, -0.1) is 11.3 Å². The first-order valence-electron chi connectivity index (χ1n) is 8.46. The fraction of sp³-hybridized carbons (Fsp3) is 0.158. The zero-order chi connectivity index (χ0) is 19.7. The Labute approximate surface area is 165 Å². The van der Waals surface area contributed by atoms with Crippen molar-refractivity contribution >= 4 is 32.2 Å². The molecule has 1 aliphatic heterocycles. The Morgan fingerprint density at radius 2 is 1.96 bits per heavy atom. The molecule has 1 aliphatic rings. The molecule has 0 unspecified atom stereocenters. The Balaban J connectivity index is 1.58. The fourth-order valence-corrected chi connectivity index (χ4v) is 4.57. The summed E-state index contributed by atoms with van der Waals surface area (Å²) in [7, 11) is -3.51. The first-order valence-corrected chi connectivity index (χ1v) is 11.0. The molecule has 2 aromatic carbocycles. The molecule has 0 bridgehead atoms. The van der Waals surface area contributed by atoms with E-state index >= 15 is 0 Å². The Kier molecular flexibility index (Phi) is 4.78. The van der Waals surface area contributed by atoms with Gasteiger partial charge in [0.15, 0.2) is 26.5 Å². The number of anilines is 1. The zero-order valence-electron chi connectivity index (χ0n) is 14.8. The van der Waals surface area contributed by atoms with Crippen LogP contribution in [-0.4, -0.2) is 31.9 Å². The van der Waals surface area contributed by atoms with Crippen LogP contribution in [0.25, 0.3) is 11.3 Å². The molecule has 2 heterocycles. The molecular formula is C19H16N2O5S2. The van der Waals surface area contributed by atoms with Crippen molar-refractivity contribution in [1.82, 2.24) is 4.98 Å². The minimum absolute atomic E-state index is 0.0163. The number of thiazole rings is 1. The van der Waals surface area contributed by atoms with Crippen molar-refractivity contribution in [1.29, 1.82) is 0 Å². The van der Waals surface area contributed by atoms with E-state index in [-0.39, 0.29) is 23.0 Å². The maximum absolute atomic E-state index is 12.7. The van der Waals surface area contributed by atoms with Gasteiger partial charge in [0, 0.05) is 10.9 Å². The maximum atomic E-state index is 12.7. The number of hydrogen-bond acceptors (Lipinski definition) is 7. The van der Waals surface area contributed by atoms with Gasteiger partial charge in [0.05, 0.1) is 21.9 Å². The molecule has 28 heavy (non-hydrogen) atoms. The summed E-state index contributed by atoms with van der Waals surface area (Å²) in [6, 6.07) is 11.6. The summed E-state index contributed by atoms with van der Waals surface area (Å²) >= 11 is 1.26. The lowest BCUT2D eigenvalue weighted by Crippen LogP contribution is -2.17. The summed E-state index contributed by atoms with van der Waals surface area (Å²) in [5, 5.41) is 4.87. The summed E-state index contributed by atoms with van der Waals surface area (Å²) in [6.45, 7) is 1.74. The lowest BCUT2D eigenvalue weighted by Gasteiger charge is -2.08. The average molecular weight is 416 g/mol. The summed E-state index contributed by atoms with van der Waals surface area (Å²) in [6.07, 6.45) is 0. The molecule has 1 aromatic heterocycles. The van der Waals surface area contributed by atoms with E-state index in [0.29, 0.717) is 22.3 Å². The predicted octanol–water partition coefficient (Wildman–Crippen LogP) is 3.58. The van der Waals surface area contributed by atoms with Crippen LogP contribution < -0.4 is 14.8 Å². The number of nitrogens with one attached hydrogen (secondary N) is 1. The Morgan fingerprint density at radius 1 is 1.18 bits per heavy atom. The van der Waals surface area contributed by atoms with E-state index in [0.717, 1.165) is 5.56 Å². The highest BCUT2D eigenvalue weighted by Crippen LogP contribution is 2.36. The normalized spacial score (nSPS) is 12.8. The molecule has 0 aliphatic carbocycles. The SMILES string of the molecule is CCS(=O)(=O)c1ccccc1C(=O)Nc1nc(-c2ccc3c(c2)OCO3)cs1. The van der Waals surface area contributed by atoms with Gasteiger partial charge in [-0.3, -0.25) is 10.1 Å². The Morgan fingerprint density at radius 3 is 2.79 bits per heavy atom. The number of ether oxygens (including phenoxy) is 2. The smallest absolute Gasteiger partial charge is 0.258 e. The average Bonchev–Trinajstić information content (AvgIpc) is 3.36. The topological polar surface area (TPSA) is 94.6 Å². The monoisotopic (exact) mass is 416 g/mol. The number of fused-ring (bicyclic) bond motifs is 1. The van der Waals surface area contributed by atoms with Gasteiger partial charge in [0.1, 0.15) is 0 Å². The molecule has 3 aromatic rings. The molecule has 144 valence electrons. The number of rotatable bonds is 5. The summed E-state index contributed by atoms with van der Waals surface area (Å²) in [4.78, 5) is 17.1. The standard InChI is InChI=1S/C19H16N2O5S2/c1-2-28(23,24)17-6-4-3-5-13(17)18(22)21-19-20-14(10-27-19)12-7-8-15-16(9-12)26-11-25-15/h3-10H,2,11H2,1H3,(H,20,21,22). The second-order valence-corrected chi connectivity index (χ2v) is 9.06. The van der Waals surface area contributed by atoms with Crippen LogP contribution in [0.4, 0.5) is 5.13 Å². The van der Waals surface area contributed by atoms with E-state index in [4.69, 9.17) is 9.47 Å². The van der Waals surface area contributed by atoms with E-state index in [1.165, 1.54) is 23.5 Å². The molecule has 1 amide bonds. The number of sulfone groups is 1. The Hall–Kier alpha value is -2.91. The number of benzene rings is 2. The second kappa shape index (κ2) is 7.25. The van der Waals surface area contributed by atoms with E-state index in [2.05, 4.69) is 10.3 Å². The van der Waals surface area contributed by atoms with Crippen molar-refractivity contribution in [2.45, 2.75) is 11.8 Å². The van der Waals surface area contributed by atoms with Crippen LogP contribution in [-0.2, 0) is 9.84 Å². The molecule has 7 nitrogen and oxygen atoms in total. The number of aromatic nitrogens is 1. The molecule has 9 heteroatoms. The number of carbonyl (C=O) groups is 1. The first-order chi connectivity index (χ1) is 13.5. The van der Waals surface area contributed by atoms with E-state index < -0.39 is 15.7 Å². The van der Waals surface area contributed by atoms with Crippen LogP contribution in [0, 0.1) is 0 Å². The second-order valence-electron chi connectivity index (χ2n) is 5.96. The van der Waals surface area contributed by atoms with Crippen LogP contribution >= 0.6 is 11.3 Å². The number of nitrogens with zero attached hydrogens (tertiary/aromatic N) is 1. The third-order valence-corrected chi connectivity index (χ3v) is 6.78. The fourth-order valence-electron chi connectivity index (χ4n) is 2.76. The maximum Gasteiger partial charge on any atom is 0.258 e. The highest BCUT2D eigenvalue weighted by Gasteiger charge is 2.21. The number of hydrogen-bond donors (Lipinski definition) is 1. The first kappa shape index (κ1) is 18.5. The molecule has 0 atom stereocenters. The van der Waals surface area contributed by atoms with Crippen molar-refractivity contribution in [3.8, 4) is 22.8 Å². The van der Waals surface area contributed by atoms with Gasteiger partial charge in [-0.25, -0.2) is 13.4 Å². The molecule has 0 saturated heterocycles. The predicted molar refractivity (Wildman–Crippen MR) is 106 cm³/mol. The lowest BCUT2D eigenvalue weighted by atomic mass is 10.1. The molecular weight excluding hydrogens is 400 g/mol. The van der Waals surface area contributed by atoms with Crippen molar-refractivity contribution in [3.05, 3.63) is 53.4 Å². The minimum Gasteiger partial charge on any atom is -0.454 e. The third kappa shape index (κ3) is 3.46. The van der Waals surface area contributed by atoms with Crippen molar-refractivity contribution in [2.75, 3.05) is 17.9 Å². The van der Waals surface area contributed by atoms with Crippen LogP contribution in [0.1, 0.15) is 17.3 Å². The number of carbonyl (C=O) groups excluding carboxylic acids is 1. The van der Waals surface area contributed by atoms with Crippen molar-refractivity contribution in [3.63, 3.8) is 0 Å². The minimum atomic E-state index is -3.51. The Bertz CT molecular complexity index is 1150. The highest BCUT2D eigenvalue weighted by molar-refractivity contribution is 7.91. The summed E-state index contributed by atoms with van der Waals surface area (Å²) < 4.78 is 35.2. The van der Waals surface area contributed by atoms with Gasteiger partial charge in [0.2, 0.25) is 6.79 Å². The molecule has 0 fully saturated rings. The van der Waals surface area contributed by atoms with E-state index in [1.54, 1.807) is 25.1 Å². The molecule has 0 spiro atoms. The summed E-state index contributed by atoms with van der Waals surface area (Å²) in [5.41, 5.74) is 1.60. The van der Waals surface area contributed by atoms with Crippen molar-refractivity contribution < 1.29 is 22.7 Å².